The van der Waals surface area contributed by atoms with E-state index in [1.165, 1.54) is 12.1 Å². The molecule has 32 heavy (non-hydrogen) atoms. The highest BCUT2D eigenvalue weighted by molar-refractivity contribution is 6.38. The van der Waals surface area contributed by atoms with Gasteiger partial charge in [-0.1, -0.05) is 67.4 Å². The van der Waals surface area contributed by atoms with E-state index in [2.05, 4.69) is 10.3 Å². The number of benzene rings is 2. The largest absolute Gasteiger partial charge is 0.508 e. The molecule has 1 heterocycles. The molecule has 0 bridgehead atoms. The number of pyridine rings is 1. The predicted molar refractivity (Wildman–Crippen MR) is 126 cm³/mol. The Morgan fingerprint density at radius 3 is 2.34 bits per heavy atom. The second-order valence-corrected chi connectivity index (χ2v) is 8.82. The van der Waals surface area contributed by atoms with Crippen molar-refractivity contribution in [2.75, 3.05) is 5.32 Å². The van der Waals surface area contributed by atoms with Crippen molar-refractivity contribution in [2.24, 2.45) is 0 Å². The van der Waals surface area contributed by atoms with Gasteiger partial charge in [-0.05, 0) is 43.5 Å². The number of phenols is 1. The van der Waals surface area contributed by atoms with E-state index in [1.807, 2.05) is 32.0 Å². The minimum Gasteiger partial charge on any atom is -0.508 e. The zero-order valence-electron chi connectivity index (χ0n) is 18.2. The van der Waals surface area contributed by atoms with Crippen LogP contribution in [-0.2, 0) is 5.60 Å². The second-order valence-electron chi connectivity index (χ2n) is 8.07. The molecule has 0 aliphatic heterocycles. The lowest BCUT2D eigenvalue weighted by Gasteiger charge is -2.32. The summed E-state index contributed by atoms with van der Waals surface area (Å²) in [6.45, 7) is 7.22. The maximum Gasteiger partial charge on any atom is 0.237 e. The molecule has 170 valence electrons. The minimum absolute atomic E-state index is 0.0184. The van der Waals surface area contributed by atoms with Gasteiger partial charge in [-0.3, -0.25) is 0 Å². The molecule has 5 nitrogen and oxygen atoms in total. The Bertz CT molecular complexity index is 1110. The SMILES string of the molecule is CC(C)c1cc(Oc2c(Cl)c(F)nc(N[C@@H](C)C(C)(O)c3ccccc3)c2Cl)ccc1O. The van der Waals surface area contributed by atoms with Gasteiger partial charge in [0, 0.05) is 5.56 Å². The van der Waals surface area contributed by atoms with Crippen LogP contribution in [0.2, 0.25) is 10.0 Å². The van der Waals surface area contributed by atoms with Crippen LogP contribution < -0.4 is 10.1 Å². The fourth-order valence-corrected chi connectivity index (χ4v) is 3.68. The van der Waals surface area contributed by atoms with Crippen LogP contribution in [0.1, 0.15) is 44.7 Å². The van der Waals surface area contributed by atoms with Crippen molar-refractivity contribution in [3.8, 4) is 17.2 Å². The summed E-state index contributed by atoms with van der Waals surface area (Å²) in [5.74, 6) is -0.605. The first-order valence-electron chi connectivity index (χ1n) is 10.1. The highest BCUT2D eigenvalue weighted by atomic mass is 35.5. The first-order chi connectivity index (χ1) is 15.0. The molecule has 8 heteroatoms. The Labute approximate surface area is 196 Å². The lowest BCUT2D eigenvalue weighted by atomic mass is 9.89. The van der Waals surface area contributed by atoms with E-state index in [1.54, 1.807) is 32.0 Å². The van der Waals surface area contributed by atoms with Crippen molar-refractivity contribution in [1.29, 1.82) is 0 Å². The average molecular weight is 479 g/mol. The molecule has 3 N–H and O–H groups in total. The molecule has 2 aromatic carbocycles. The number of aromatic nitrogens is 1. The fraction of sp³-hybridized carbons (Fsp3) is 0.292. The number of rotatable bonds is 7. The number of hydrogen-bond donors (Lipinski definition) is 3. The van der Waals surface area contributed by atoms with Crippen molar-refractivity contribution in [2.45, 2.75) is 45.3 Å². The Morgan fingerprint density at radius 2 is 1.72 bits per heavy atom. The zero-order chi connectivity index (χ0) is 23.6. The van der Waals surface area contributed by atoms with Crippen molar-refractivity contribution >= 4 is 29.0 Å². The third-order valence-electron chi connectivity index (χ3n) is 5.39. The van der Waals surface area contributed by atoms with Crippen molar-refractivity contribution in [1.82, 2.24) is 4.98 Å². The van der Waals surface area contributed by atoms with E-state index in [9.17, 15) is 14.6 Å². The molecule has 0 saturated heterocycles. The molecule has 1 aromatic heterocycles. The molecular formula is C24H25Cl2FN2O3. The van der Waals surface area contributed by atoms with Crippen LogP contribution >= 0.6 is 23.2 Å². The van der Waals surface area contributed by atoms with Crippen molar-refractivity contribution in [3.05, 3.63) is 75.7 Å². The standard InChI is InChI=1S/C24H25Cl2FN2O3/c1-13(2)17-12-16(10-11-18(17)30)32-21-19(25)22(27)29-23(20(21)26)28-14(3)24(4,31)15-8-6-5-7-9-15/h5-14,30-31H,1-4H3,(H,28,29)/t14-,24?/m0/s1. The number of ether oxygens (including phenoxy) is 1. The maximum atomic E-state index is 14.5. The second kappa shape index (κ2) is 9.53. The lowest BCUT2D eigenvalue weighted by Crippen LogP contribution is -2.40. The van der Waals surface area contributed by atoms with E-state index in [0.717, 1.165) is 0 Å². The van der Waals surface area contributed by atoms with Gasteiger partial charge in [0.05, 0.1) is 6.04 Å². The summed E-state index contributed by atoms with van der Waals surface area (Å²) in [7, 11) is 0. The molecular weight excluding hydrogens is 454 g/mol. The van der Waals surface area contributed by atoms with Gasteiger partial charge >= 0.3 is 0 Å². The van der Waals surface area contributed by atoms with E-state index in [4.69, 9.17) is 27.9 Å². The van der Waals surface area contributed by atoms with Crippen LogP contribution in [0.25, 0.3) is 0 Å². The van der Waals surface area contributed by atoms with Crippen LogP contribution in [-0.4, -0.2) is 21.2 Å². The van der Waals surface area contributed by atoms with Gasteiger partial charge in [0.1, 0.15) is 27.1 Å². The van der Waals surface area contributed by atoms with Crippen LogP contribution in [0.15, 0.2) is 48.5 Å². The summed E-state index contributed by atoms with van der Waals surface area (Å²) < 4.78 is 20.3. The van der Waals surface area contributed by atoms with Crippen molar-refractivity contribution < 1.29 is 19.3 Å². The topological polar surface area (TPSA) is 74.6 Å². The average Bonchev–Trinajstić information content (AvgIpc) is 2.76. The quantitative estimate of drug-likeness (QED) is 0.323. The van der Waals surface area contributed by atoms with Gasteiger partial charge in [0.2, 0.25) is 5.95 Å². The lowest BCUT2D eigenvalue weighted by molar-refractivity contribution is 0.0414. The maximum absolute atomic E-state index is 14.5. The van der Waals surface area contributed by atoms with Crippen LogP contribution in [0, 0.1) is 5.95 Å². The summed E-state index contributed by atoms with van der Waals surface area (Å²) >= 11 is 12.6. The summed E-state index contributed by atoms with van der Waals surface area (Å²) in [4.78, 5) is 3.81. The van der Waals surface area contributed by atoms with Gasteiger partial charge < -0.3 is 20.3 Å². The summed E-state index contributed by atoms with van der Waals surface area (Å²) in [6.07, 6.45) is 0. The third-order valence-corrected chi connectivity index (χ3v) is 6.07. The predicted octanol–water partition coefficient (Wildman–Crippen LogP) is 6.86. The molecule has 1 unspecified atom stereocenters. The smallest absolute Gasteiger partial charge is 0.237 e. The molecule has 3 aromatic rings. The molecule has 0 aliphatic carbocycles. The summed E-state index contributed by atoms with van der Waals surface area (Å²) in [5, 5.41) is 23.6. The third kappa shape index (κ3) is 4.93. The number of hydrogen-bond acceptors (Lipinski definition) is 5. The molecule has 2 atom stereocenters. The Balaban J connectivity index is 1.94. The monoisotopic (exact) mass is 478 g/mol. The molecule has 0 spiro atoms. The summed E-state index contributed by atoms with van der Waals surface area (Å²) in [6, 6.07) is 13.1. The highest BCUT2D eigenvalue weighted by Crippen LogP contribution is 2.43. The molecule has 0 amide bonds. The first kappa shape index (κ1) is 24.1. The van der Waals surface area contributed by atoms with E-state index in [-0.39, 0.29) is 33.3 Å². The van der Waals surface area contributed by atoms with Gasteiger partial charge in [-0.25, -0.2) is 0 Å². The van der Waals surface area contributed by atoms with Crippen molar-refractivity contribution in [3.63, 3.8) is 0 Å². The van der Waals surface area contributed by atoms with Gasteiger partial charge in [0.25, 0.3) is 0 Å². The Kier molecular flexibility index (Phi) is 7.18. The molecule has 0 saturated carbocycles. The van der Waals surface area contributed by atoms with E-state index >= 15 is 0 Å². The number of aliphatic hydroxyl groups is 1. The zero-order valence-corrected chi connectivity index (χ0v) is 19.7. The number of nitrogens with zero attached hydrogens (tertiary/aromatic N) is 1. The fourth-order valence-electron chi connectivity index (χ4n) is 3.23. The number of nitrogens with one attached hydrogen (secondary N) is 1. The number of aromatic hydroxyl groups is 1. The van der Waals surface area contributed by atoms with E-state index < -0.39 is 17.6 Å². The van der Waals surface area contributed by atoms with Crippen LogP contribution in [0.3, 0.4) is 0 Å². The van der Waals surface area contributed by atoms with Gasteiger partial charge in [-0.15, -0.1) is 0 Å². The molecule has 3 rings (SSSR count). The van der Waals surface area contributed by atoms with Gasteiger partial charge in [-0.2, -0.15) is 9.37 Å². The minimum atomic E-state index is -1.30. The Morgan fingerprint density at radius 1 is 1.06 bits per heavy atom. The molecule has 0 radical (unpaired) electrons. The Hall–Kier alpha value is -2.54. The summed E-state index contributed by atoms with van der Waals surface area (Å²) in [5.41, 5.74) is 0.0366. The van der Waals surface area contributed by atoms with E-state index in [0.29, 0.717) is 16.9 Å². The van der Waals surface area contributed by atoms with Crippen LogP contribution in [0.5, 0.6) is 17.2 Å². The van der Waals surface area contributed by atoms with Gasteiger partial charge in [0.15, 0.2) is 11.6 Å². The number of phenolic OH excluding ortho intramolecular Hbond substituents is 1. The number of anilines is 1. The van der Waals surface area contributed by atoms with Crippen LogP contribution in [0.4, 0.5) is 10.2 Å². The number of halogens is 3. The normalized spacial score (nSPS) is 14.2. The first-order valence-corrected chi connectivity index (χ1v) is 10.9. The highest BCUT2D eigenvalue weighted by Gasteiger charge is 2.32. The molecule has 0 aliphatic rings. The molecule has 0 fully saturated rings.